The Morgan fingerprint density at radius 1 is 1.13 bits per heavy atom. The van der Waals surface area contributed by atoms with Gasteiger partial charge in [-0.3, -0.25) is 4.90 Å². The standard InChI is InChI=1S/C12H22FNO/c13-7-9-14-8-3-5-11(14)10-4-1-2-6-12(10)15/h10-12,15H,1-9H2. The molecule has 0 aromatic carbocycles. The van der Waals surface area contributed by atoms with Crippen LogP contribution in [0.1, 0.15) is 38.5 Å². The van der Waals surface area contributed by atoms with Gasteiger partial charge in [-0.05, 0) is 32.2 Å². The van der Waals surface area contributed by atoms with Crippen LogP contribution in [0, 0.1) is 5.92 Å². The SMILES string of the molecule is OC1CCCCC1C1CCCN1CCF. The van der Waals surface area contributed by atoms with Crippen molar-refractivity contribution in [1.29, 1.82) is 0 Å². The van der Waals surface area contributed by atoms with Crippen LogP contribution < -0.4 is 0 Å². The molecule has 1 heterocycles. The first kappa shape index (κ1) is 11.3. The van der Waals surface area contributed by atoms with E-state index >= 15 is 0 Å². The van der Waals surface area contributed by atoms with E-state index in [1.54, 1.807) is 0 Å². The van der Waals surface area contributed by atoms with Crippen molar-refractivity contribution in [3.05, 3.63) is 0 Å². The van der Waals surface area contributed by atoms with Crippen molar-refractivity contribution < 1.29 is 9.50 Å². The second-order valence-electron chi connectivity index (χ2n) is 4.95. The van der Waals surface area contributed by atoms with Crippen LogP contribution in [0.5, 0.6) is 0 Å². The minimum absolute atomic E-state index is 0.135. The van der Waals surface area contributed by atoms with E-state index in [1.807, 2.05) is 0 Å². The van der Waals surface area contributed by atoms with Crippen LogP contribution in [0.15, 0.2) is 0 Å². The maximum Gasteiger partial charge on any atom is 0.102 e. The number of nitrogens with zero attached hydrogens (tertiary/aromatic N) is 1. The zero-order valence-electron chi connectivity index (χ0n) is 9.37. The molecule has 1 aliphatic heterocycles. The predicted octanol–water partition coefficient (Wildman–Crippen LogP) is 1.97. The molecule has 2 nitrogen and oxygen atoms in total. The van der Waals surface area contributed by atoms with E-state index < -0.39 is 0 Å². The number of aliphatic hydroxyl groups is 1. The zero-order valence-corrected chi connectivity index (χ0v) is 9.37. The number of rotatable bonds is 3. The molecular formula is C12H22FNO. The van der Waals surface area contributed by atoms with Crippen molar-refractivity contribution >= 4 is 0 Å². The maximum atomic E-state index is 12.4. The summed E-state index contributed by atoms with van der Waals surface area (Å²) >= 11 is 0. The van der Waals surface area contributed by atoms with E-state index in [4.69, 9.17) is 0 Å². The van der Waals surface area contributed by atoms with Crippen molar-refractivity contribution in [2.75, 3.05) is 19.8 Å². The molecule has 1 saturated heterocycles. The first-order valence-electron chi connectivity index (χ1n) is 6.31. The third kappa shape index (κ3) is 2.51. The van der Waals surface area contributed by atoms with E-state index in [0.717, 1.165) is 32.2 Å². The molecular weight excluding hydrogens is 193 g/mol. The van der Waals surface area contributed by atoms with Crippen LogP contribution in [-0.2, 0) is 0 Å². The van der Waals surface area contributed by atoms with Crippen molar-refractivity contribution in [2.45, 2.75) is 50.7 Å². The molecule has 3 heteroatoms. The smallest absolute Gasteiger partial charge is 0.102 e. The summed E-state index contributed by atoms with van der Waals surface area (Å²) in [6.07, 6.45) is 6.67. The number of hydrogen-bond acceptors (Lipinski definition) is 2. The first-order valence-corrected chi connectivity index (χ1v) is 6.31. The number of likely N-dealkylation sites (tertiary alicyclic amines) is 1. The van der Waals surface area contributed by atoms with Crippen LogP contribution in [0.4, 0.5) is 4.39 Å². The van der Waals surface area contributed by atoms with Crippen molar-refractivity contribution in [3.8, 4) is 0 Å². The second-order valence-corrected chi connectivity index (χ2v) is 4.95. The van der Waals surface area contributed by atoms with Gasteiger partial charge in [0, 0.05) is 18.5 Å². The molecule has 2 fully saturated rings. The van der Waals surface area contributed by atoms with Gasteiger partial charge in [0.1, 0.15) is 6.67 Å². The maximum absolute atomic E-state index is 12.4. The summed E-state index contributed by atoms with van der Waals surface area (Å²) in [7, 11) is 0. The molecule has 3 atom stereocenters. The van der Waals surface area contributed by atoms with Crippen LogP contribution in [0.25, 0.3) is 0 Å². The van der Waals surface area contributed by atoms with Gasteiger partial charge in [-0.25, -0.2) is 4.39 Å². The van der Waals surface area contributed by atoms with Crippen LogP contribution in [-0.4, -0.2) is 41.9 Å². The molecule has 0 spiro atoms. The molecule has 88 valence electrons. The van der Waals surface area contributed by atoms with Crippen LogP contribution in [0.2, 0.25) is 0 Å². The lowest BCUT2D eigenvalue weighted by molar-refractivity contribution is 0.0209. The highest BCUT2D eigenvalue weighted by atomic mass is 19.1. The molecule has 0 amide bonds. The van der Waals surface area contributed by atoms with Gasteiger partial charge in [-0.2, -0.15) is 0 Å². The largest absolute Gasteiger partial charge is 0.393 e. The lowest BCUT2D eigenvalue weighted by atomic mass is 9.80. The van der Waals surface area contributed by atoms with Gasteiger partial charge in [-0.1, -0.05) is 12.8 Å². The summed E-state index contributed by atoms with van der Waals surface area (Å²) in [4.78, 5) is 2.25. The Labute approximate surface area is 91.5 Å². The number of aliphatic hydroxyl groups excluding tert-OH is 1. The lowest BCUT2D eigenvalue weighted by Gasteiger charge is -2.36. The number of halogens is 1. The molecule has 2 aliphatic rings. The highest BCUT2D eigenvalue weighted by Crippen LogP contribution is 2.34. The monoisotopic (exact) mass is 215 g/mol. The molecule has 1 saturated carbocycles. The Morgan fingerprint density at radius 3 is 2.67 bits per heavy atom. The van der Waals surface area contributed by atoms with E-state index in [2.05, 4.69) is 4.90 Å². The molecule has 0 radical (unpaired) electrons. The van der Waals surface area contributed by atoms with Gasteiger partial charge >= 0.3 is 0 Å². The summed E-state index contributed by atoms with van der Waals surface area (Å²) in [6, 6.07) is 0.455. The molecule has 15 heavy (non-hydrogen) atoms. The minimum Gasteiger partial charge on any atom is -0.393 e. The molecule has 1 aliphatic carbocycles. The zero-order chi connectivity index (χ0) is 10.7. The van der Waals surface area contributed by atoms with Crippen molar-refractivity contribution in [1.82, 2.24) is 4.90 Å². The molecule has 2 rings (SSSR count). The average molecular weight is 215 g/mol. The second kappa shape index (κ2) is 5.26. The number of alkyl halides is 1. The Kier molecular flexibility index (Phi) is 3.98. The van der Waals surface area contributed by atoms with Crippen LogP contribution in [0.3, 0.4) is 0 Å². The summed E-state index contributed by atoms with van der Waals surface area (Å²) in [5.41, 5.74) is 0. The summed E-state index contributed by atoms with van der Waals surface area (Å²) in [5.74, 6) is 0.410. The lowest BCUT2D eigenvalue weighted by Crippen LogP contribution is -2.43. The van der Waals surface area contributed by atoms with Gasteiger partial charge in [0.2, 0.25) is 0 Å². The first-order chi connectivity index (χ1) is 7.33. The van der Waals surface area contributed by atoms with Gasteiger partial charge < -0.3 is 5.11 Å². The van der Waals surface area contributed by atoms with Crippen molar-refractivity contribution in [3.63, 3.8) is 0 Å². The van der Waals surface area contributed by atoms with Gasteiger partial charge in [0.25, 0.3) is 0 Å². The molecule has 0 aromatic rings. The topological polar surface area (TPSA) is 23.5 Å². The van der Waals surface area contributed by atoms with Gasteiger partial charge in [-0.15, -0.1) is 0 Å². The Balaban J connectivity index is 1.94. The Bertz CT molecular complexity index is 200. The Hall–Kier alpha value is -0.150. The van der Waals surface area contributed by atoms with Crippen LogP contribution >= 0.6 is 0 Å². The number of hydrogen-bond donors (Lipinski definition) is 1. The van der Waals surface area contributed by atoms with E-state index in [-0.39, 0.29) is 12.8 Å². The van der Waals surface area contributed by atoms with Gasteiger partial charge in [0.05, 0.1) is 6.10 Å². The average Bonchev–Trinajstić information content (AvgIpc) is 2.67. The fraction of sp³-hybridized carbons (Fsp3) is 1.00. The quantitative estimate of drug-likeness (QED) is 0.778. The molecule has 0 bridgehead atoms. The minimum atomic E-state index is -0.251. The van der Waals surface area contributed by atoms with E-state index in [0.29, 0.717) is 18.5 Å². The summed E-state index contributed by atoms with van der Waals surface area (Å²) in [6.45, 7) is 1.34. The van der Waals surface area contributed by atoms with E-state index in [9.17, 15) is 9.50 Å². The molecule has 0 aromatic heterocycles. The summed E-state index contributed by atoms with van der Waals surface area (Å²) in [5, 5.41) is 9.99. The highest BCUT2D eigenvalue weighted by molar-refractivity contribution is 4.90. The third-order valence-corrected chi connectivity index (χ3v) is 4.06. The fourth-order valence-electron chi connectivity index (χ4n) is 3.31. The normalized spacial score (nSPS) is 38.4. The highest BCUT2D eigenvalue weighted by Gasteiger charge is 2.36. The van der Waals surface area contributed by atoms with Gasteiger partial charge in [0.15, 0.2) is 0 Å². The fourth-order valence-corrected chi connectivity index (χ4v) is 3.31. The molecule has 3 unspecified atom stereocenters. The predicted molar refractivity (Wildman–Crippen MR) is 58.5 cm³/mol. The van der Waals surface area contributed by atoms with Crippen molar-refractivity contribution in [2.24, 2.45) is 5.92 Å². The third-order valence-electron chi connectivity index (χ3n) is 4.06. The van der Waals surface area contributed by atoms with E-state index in [1.165, 1.54) is 12.8 Å². The molecule has 1 N–H and O–H groups in total. The Morgan fingerprint density at radius 2 is 1.93 bits per heavy atom. The summed E-state index contributed by atoms with van der Waals surface area (Å²) < 4.78 is 12.4.